The molecular weight excluding hydrogens is 532 g/mol. The van der Waals surface area contributed by atoms with Crippen LogP contribution < -0.4 is 9.30 Å². The summed E-state index contributed by atoms with van der Waals surface area (Å²) in [6.45, 7) is 20.9. The summed E-state index contributed by atoms with van der Waals surface area (Å²) in [4.78, 5) is 8.23. The first kappa shape index (κ1) is 30.2. The molecule has 4 aromatic rings. The Hall–Kier alpha value is -3.78. The highest BCUT2D eigenvalue weighted by Gasteiger charge is 2.32. The fraction of sp³-hybridized carbons (Fsp3) is 0.364. The zero-order valence-corrected chi connectivity index (χ0v) is 26.1. The smallest absolute Gasteiger partial charge is 0.372 e. The Kier molecular flexibility index (Phi) is 8.83. The summed E-state index contributed by atoms with van der Waals surface area (Å²) in [5.41, 5.74) is 6.83. The molecule has 2 aromatic heterocycles. The SMILES string of the molecule is C=CS(=O)(=O)c1nccc(Oc2n(-c3c(C(C)C)cccc3C(C)C)cc[n+]2-c2c(C(C)C)cccc2C(C)C)n1. The van der Waals surface area contributed by atoms with E-state index < -0.39 is 9.84 Å². The number of sulfone groups is 1. The van der Waals surface area contributed by atoms with Crippen molar-refractivity contribution in [3.63, 3.8) is 0 Å². The summed E-state index contributed by atoms with van der Waals surface area (Å²) in [7, 11) is -3.85. The van der Waals surface area contributed by atoms with Crippen LogP contribution in [0, 0.1) is 0 Å². The van der Waals surface area contributed by atoms with Gasteiger partial charge >= 0.3 is 6.01 Å². The molecule has 0 atom stereocenters. The van der Waals surface area contributed by atoms with E-state index in [1.54, 1.807) is 6.07 Å². The predicted octanol–water partition coefficient (Wildman–Crippen LogP) is 7.75. The van der Waals surface area contributed by atoms with Crippen LogP contribution in [0.25, 0.3) is 11.4 Å². The maximum Gasteiger partial charge on any atom is 0.473 e. The van der Waals surface area contributed by atoms with Crippen LogP contribution in [0.5, 0.6) is 11.9 Å². The minimum Gasteiger partial charge on any atom is -0.372 e. The van der Waals surface area contributed by atoms with Crippen molar-refractivity contribution >= 4 is 9.84 Å². The third-order valence-corrected chi connectivity index (χ3v) is 8.37. The zero-order valence-electron chi connectivity index (χ0n) is 25.3. The Bertz CT molecular complexity index is 1530. The maximum absolute atomic E-state index is 12.5. The summed E-state index contributed by atoms with van der Waals surface area (Å²) in [6.07, 6.45) is 5.43. The standard InChI is InChI=1S/C33H41N4O3S/c1-10-41(38,39)32-34-18-17-29(35-32)40-33-36(30-25(21(2)3)13-11-14-26(30)22(4)5)19-20-37(33)31-27(23(6)7)15-12-16-28(31)24(8)9/h10-24H,1H2,2-9H3/q+1. The lowest BCUT2D eigenvalue weighted by Gasteiger charge is -2.19. The number of rotatable bonds is 10. The molecule has 0 saturated carbocycles. The van der Waals surface area contributed by atoms with Gasteiger partial charge in [-0.2, -0.15) is 14.1 Å². The first-order chi connectivity index (χ1) is 19.4. The lowest BCUT2D eigenvalue weighted by Crippen LogP contribution is -2.34. The Balaban J connectivity index is 2.09. The Labute approximate surface area is 244 Å². The van der Waals surface area contributed by atoms with E-state index in [4.69, 9.17) is 4.74 Å². The van der Waals surface area contributed by atoms with E-state index in [0.717, 1.165) is 16.8 Å². The van der Waals surface area contributed by atoms with Gasteiger partial charge in [0.15, 0.2) is 0 Å². The second kappa shape index (κ2) is 12.0. The molecule has 4 rings (SSSR count). The van der Waals surface area contributed by atoms with Gasteiger partial charge in [-0.3, -0.25) is 0 Å². The Morgan fingerprint density at radius 1 is 0.829 bits per heavy atom. The summed E-state index contributed by atoms with van der Waals surface area (Å²) < 4.78 is 35.7. The van der Waals surface area contributed by atoms with Crippen LogP contribution in [0.15, 0.2) is 78.2 Å². The minimum atomic E-state index is -3.85. The quantitative estimate of drug-likeness (QED) is 0.143. The molecule has 7 nitrogen and oxygen atoms in total. The number of aromatic nitrogens is 4. The molecule has 0 saturated heterocycles. The van der Waals surface area contributed by atoms with Crippen molar-refractivity contribution in [1.29, 1.82) is 0 Å². The second-order valence-electron chi connectivity index (χ2n) is 11.5. The third kappa shape index (κ3) is 5.98. The summed E-state index contributed by atoms with van der Waals surface area (Å²) >= 11 is 0. The molecule has 0 aliphatic rings. The molecule has 0 spiro atoms. The van der Waals surface area contributed by atoms with Crippen LogP contribution in [0.2, 0.25) is 0 Å². The number of imidazole rings is 1. The average molecular weight is 574 g/mol. The van der Waals surface area contributed by atoms with Crippen molar-refractivity contribution in [1.82, 2.24) is 14.5 Å². The van der Waals surface area contributed by atoms with Gasteiger partial charge in [0, 0.05) is 39.9 Å². The maximum atomic E-state index is 12.5. The van der Waals surface area contributed by atoms with Gasteiger partial charge in [0.2, 0.25) is 15.7 Å². The molecule has 0 fully saturated rings. The lowest BCUT2D eigenvalue weighted by atomic mass is 9.92. The number of para-hydroxylation sites is 2. The minimum absolute atomic E-state index is 0.121. The number of nitrogens with zero attached hydrogens (tertiary/aromatic N) is 4. The van der Waals surface area contributed by atoms with Gasteiger partial charge < -0.3 is 4.74 Å². The molecule has 2 aromatic carbocycles. The normalized spacial score (nSPS) is 12.1. The Morgan fingerprint density at radius 2 is 1.34 bits per heavy atom. The molecule has 0 aliphatic heterocycles. The van der Waals surface area contributed by atoms with Crippen LogP contribution in [0.1, 0.15) is 101 Å². The van der Waals surface area contributed by atoms with E-state index in [2.05, 4.69) is 117 Å². The van der Waals surface area contributed by atoms with Crippen LogP contribution in [0.4, 0.5) is 0 Å². The molecule has 0 radical (unpaired) electrons. The van der Waals surface area contributed by atoms with Crippen LogP contribution in [0.3, 0.4) is 0 Å². The first-order valence-electron chi connectivity index (χ1n) is 14.1. The number of hydrogen-bond acceptors (Lipinski definition) is 5. The van der Waals surface area contributed by atoms with Crippen molar-refractivity contribution in [3.8, 4) is 23.3 Å². The predicted molar refractivity (Wildman–Crippen MR) is 163 cm³/mol. The van der Waals surface area contributed by atoms with Gasteiger partial charge in [-0.05, 0) is 23.7 Å². The van der Waals surface area contributed by atoms with Crippen molar-refractivity contribution in [2.24, 2.45) is 0 Å². The molecule has 0 bridgehead atoms. The van der Waals surface area contributed by atoms with Gasteiger partial charge in [0.05, 0.1) is 0 Å². The molecule has 0 N–H and O–H groups in total. The molecule has 216 valence electrons. The molecule has 0 aliphatic carbocycles. The van der Waals surface area contributed by atoms with Crippen molar-refractivity contribution < 1.29 is 17.7 Å². The van der Waals surface area contributed by atoms with Crippen molar-refractivity contribution in [2.75, 3.05) is 0 Å². The molecule has 8 heteroatoms. The monoisotopic (exact) mass is 573 g/mol. The third-order valence-electron chi connectivity index (χ3n) is 7.22. The van der Waals surface area contributed by atoms with E-state index in [1.807, 2.05) is 12.4 Å². The number of ether oxygens (including phenoxy) is 1. The van der Waals surface area contributed by atoms with Gasteiger partial charge in [-0.25, -0.2) is 13.4 Å². The zero-order chi connectivity index (χ0) is 30.1. The topological polar surface area (TPSA) is 78.0 Å². The highest BCUT2D eigenvalue weighted by molar-refractivity contribution is 7.94. The van der Waals surface area contributed by atoms with Crippen LogP contribution in [-0.4, -0.2) is 23.0 Å². The van der Waals surface area contributed by atoms with Crippen molar-refractivity contribution in [2.45, 2.75) is 84.2 Å². The molecule has 2 heterocycles. The Morgan fingerprint density at radius 3 is 1.83 bits per heavy atom. The average Bonchev–Trinajstić information content (AvgIpc) is 3.34. The van der Waals surface area contributed by atoms with Crippen LogP contribution >= 0.6 is 0 Å². The van der Waals surface area contributed by atoms with Crippen molar-refractivity contribution in [3.05, 3.63) is 95.3 Å². The highest BCUT2D eigenvalue weighted by Crippen LogP contribution is 2.36. The molecule has 0 amide bonds. The number of benzene rings is 2. The molecule has 41 heavy (non-hydrogen) atoms. The first-order valence-corrected chi connectivity index (χ1v) is 15.7. The van der Waals surface area contributed by atoms with Gasteiger partial charge in [-0.1, -0.05) is 98.4 Å². The summed E-state index contributed by atoms with van der Waals surface area (Å²) in [5, 5.41) is 0.488. The fourth-order valence-corrected chi connectivity index (χ4v) is 5.66. The molecular formula is C33H41N4O3S+. The van der Waals surface area contributed by atoms with E-state index in [9.17, 15) is 8.42 Å². The van der Waals surface area contributed by atoms with E-state index in [-0.39, 0.29) is 34.7 Å². The molecule has 0 unspecified atom stereocenters. The van der Waals surface area contributed by atoms with E-state index >= 15 is 0 Å². The second-order valence-corrected chi connectivity index (χ2v) is 13.3. The van der Waals surface area contributed by atoms with Gasteiger partial charge in [0.1, 0.15) is 23.8 Å². The fourth-order valence-electron chi connectivity index (χ4n) is 5.08. The van der Waals surface area contributed by atoms with Crippen LogP contribution in [-0.2, 0) is 9.84 Å². The lowest BCUT2D eigenvalue weighted by molar-refractivity contribution is -0.602. The van der Waals surface area contributed by atoms with Gasteiger partial charge in [0.25, 0.3) is 5.16 Å². The van der Waals surface area contributed by atoms with Gasteiger partial charge in [-0.15, -0.1) is 0 Å². The summed E-state index contributed by atoms with van der Waals surface area (Å²) in [5.74, 6) is 1.14. The summed E-state index contributed by atoms with van der Waals surface area (Å²) in [6, 6.07) is 14.9. The number of hydrogen-bond donors (Lipinski definition) is 0. The highest BCUT2D eigenvalue weighted by atomic mass is 32.2. The van der Waals surface area contributed by atoms with E-state index in [1.165, 1.54) is 28.5 Å². The largest absolute Gasteiger partial charge is 0.473 e. The van der Waals surface area contributed by atoms with E-state index in [0.29, 0.717) is 6.01 Å².